The molecule has 3 rings (SSSR count). The van der Waals surface area contributed by atoms with Gasteiger partial charge in [-0.05, 0) is 49.2 Å². The van der Waals surface area contributed by atoms with E-state index in [0.717, 1.165) is 11.5 Å². The summed E-state index contributed by atoms with van der Waals surface area (Å²) in [5.41, 5.74) is 4.91. The summed E-state index contributed by atoms with van der Waals surface area (Å²) in [6.07, 6.45) is 0. The van der Waals surface area contributed by atoms with Gasteiger partial charge >= 0.3 is 0 Å². The molecule has 0 N–H and O–H groups in total. The molecule has 0 aliphatic heterocycles. The van der Waals surface area contributed by atoms with Crippen LogP contribution in [0.3, 0.4) is 0 Å². The molecule has 0 unspecified atom stereocenters. The highest BCUT2D eigenvalue weighted by Gasteiger charge is 1.99. The van der Waals surface area contributed by atoms with Gasteiger partial charge in [-0.1, -0.05) is 59.7 Å². The molecule has 0 amide bonds. The predicted octanol–water partition coefficient (Wildman–Crippen LogP) is 5.43. The molecular weight excluding hydrogens is 296 g/mol. The van der Waals surface area contributed by atoms with Gasteiger partial charge in [0.15, 0.2) is 0 Å². The summed E-state index contributed by atoms with van der Waals surface area (Å²) in [5, 5.41) is 0. The van der Waals surface area contributed by atoms with Crippen LogP contribution < -0.4 is 9.47 Å². The molecule has 0 heterocycles. The Morgan fingerprint density at radius 1 is 0.500 bits per heavy atom. The molecule has 0 saturated heterocycles. The zero-order valence-corrected chi connectivity index (χ0v) is 14.2. The van der Waals surface area contributed by atoms with Crippen molar-refractivity contribution in [3.05, 3.63) is 83.9 Å². The fourth-order valence-corrected chi connectivity index (χ4v) is 2.44. The Labute approximate surface area is 143 Å². The van der Waals surface area contributed by atoms with Gasteiger partial charge in [0.2, 0.25) is 0 Å². The molecule has 2 nitrogen and oxygen atoms in total. The van der Waals surface area contributed by atoms with E-state index in [9.17, 15) is 0 Å². The van der Waals surface area contributed by atoms with Crippen LogP contribution in [-0.4, -0.2) is 13.2 Å². The van der Waals surface area contributed by atoms with Crippen LogP contribution in [0, 0.1) is 13.8 Å². The molecule has 0 saturated carbocycles. The number of hydrogen-bond donors (Lipinski definition) is 0. The third-order valence-corrected chi connectivity index (χ3v) is 3.88. The standard InChI is InChI=1S/C22H22O2/c1-17-3-7-19(8-4-17)20-9-13-22(14-10-20)24-16-15-23-21-11-5-18(2)6-12-21/h3-14H,15-16H2,1-2H3. The Bertz CT molecular complexity index is 757. The fourth-order valence-electron chi connectivity index (χ4n) is 2.44. The first-order chi connectivity index (χ1) is 11.7. The van der Waals surface area contributed by atoms with Crippen molar-refractivity contribution < 1.29 is 9.47 Å². The van der Waals surface area contributed by atoms with Gasteiger partial charge < -0.3 is 9.47 Å². The molecule has 2 heteroatoms. The summed E-state index contributed by atoms with van der Waals surface area (Å²) in [7, 11) is 0. The first kappa shape index (κ1) is 16.1. The SMILES string of the molecule is Cc1ccc(OCCOc2ccc(-c3ccc(C)cc3)cc2)cc1. The Hall–Kier alpha value is -2.74. The van der Waals surface area contributed by atoms with Crippen LogP contribution in [0.2, 0.25) is 0 Å². The summed E-state index contributed by atoms with van der Waals surface area (Å²) in [6, 6.07) is 24.7. The van der Waals surface area contributed by atoms with Crippen molar-refractivity contribution in [1.82, 2.24) is 0 Å². The third-order valence-electron chi connectivity index (χ3n) is 3.88. The van der Waals surface area contributed by atoms with Crippen LogP contribution in [0.5, 0.6) is 11.5 Å². The molecule has 0 radical (unpaired) electrons. The highest BCUT2D eigenvalue weighted by molar-refractivity contribution is 5.64. The average molecular weight is 318 g/mol. The van der Waals surface area contributed by atoms with Gasteiger partial charge in [0.1, 0.15) is 24.7 Å². The van der Waals surface area contributed by atoms with Crippen LogP contribution in [0.25, 0.3) is 11.1 Å². The summed E-state index contributed by atoms with van der Waals surface area (Å²) in [4.78, 5) is 0. The minimum absolute atomic E-state index is 0.526. The molecule has 0 atom stereocenters. The second-order valence-electron chi connectivity index (χ2n) is 5.90. The highest BCUT2D eigenvalue weighted by atomic mass is 16.5. The molecule has 3 aromatic rings. The molecule has 0 bridgehead atoms. The first-order valence-corrected chi connectivity index (χ1v) is 8.20. The van der Waals surface area contributed by atoms with Crippen LogP contribution in [0.4, 0.5) is 0 Å². The third kappa shape index (κ3) is 4.39. The van der Waals surface area contributed by atoms with E-state index in [1.807, 2.05) is 36.4 Å². The lowest BCUT2D eigenvalue weighted by Gasteiger charge is -2.09. The number of aryl methyl sites for hydroxylation is 2. The van der Waals surface area contributed by atoms with Crippen LogP contribution in [0.15, 0.2) is 72.8 Å². The minimum Gasteiger partial charge on any atom is -0.490 e. The largest absolute Gasteiger partial charge is 0.490 e. The van der Waals surface area contributed by atoms with Crippen LogP contribution in [-0.2, 0) is 0 Å². The van der Waals surface area contributed by atoms with E-state index >= 15 is 0 Å². The van der Waals surface area contributed by atoms with Crippen molar-refractivity contribution in [2.45, 2.75) is 13.8 Å². The monoisotopic (exact) mass is 318 g/mol. The summed E-state index contributed by atoms with van der Waals surface area (Å²) < 4.78 is 11.4. The maximum Gasteiger partial charge on any atom is 0.122 e. The number of hydrogen-bond acceptors (Lipinski definition) is 2. The fraction of sp³-hybridized carbons (Fsp3) is 0.182. The summed E-state index contributed by atoms with van der Waals surface area (Å²) in [5.74, 6) is 1.73. The van der Waals surface area contributed by atoms with E-state index in [1.54, 1.807) is 0 Å². The molecule has 24 heavy (non-hydrogen) atoms. The van der Waals surface area contributed by atoms with E-state index < -0.39 is 0 Å². The van der Waals surface area contributed by atoms with Crippen molar-refractivity contribution in [3.8, 4) is 22.6 Å². The van der Waals surface area contributed by atoms with Gasteiger partial charge in [0, 0.05) is 0 Å². The maximum atomic E-state index is 5.74. The van der Waals surface area contributed by atoms with E-state index in [4.69, 9.17) is 9.47 Å². The average Bonchev–Trinajstić information content (AvgIpc) is 2.62. The van der Waals surface area contributed by atoms with Gasteiger partial charge in [-0.2, -0.15) is 0 Å². The Morgan fingerprint density at radius 3 is 1.29 bits per heavy atom. The van der Waals surface area contributed by atoms with E-state index in [0.29, 0.717) is 13.2 Å². The molecule has 122 valence electrons. The molecule has 0 spiro atoms. The lowest BCUT2D eigenvalue weighted by Crippen LogP contribution is -2.08. The quantitative estimate of drug-likeness (QED) is 0.564. The van der Waals surface area contributed by atoms with Crippen LogP contribution in [0.1, 0.15) is 11.1 Å². The van der Waals surface area contributed by atoms with Crippen molar-refractivity contribution >= 4 is 0 Å². The summed E-state index contributed by atoms with van der Waals surface area (Å²) >= 11 is 0. The highest BCUT2D eigenvalue weighted by Crippen LogP contribution is 2.22. The van der Waals surface area contributed by atoms with Crippen molar-refractivity contribution in [3.63, 3.8) is 0 Å². The molecule has 0 fully saturated rings. The zero-order chi connectivity index (χ0) is 16.8. The first-order valence-electron chi connectivity index (χ1n) is 8.20. The molecular formula is C22H22O2. The number of ether oxygens (including phenoxy) is 2. The molecule has 3 aromatic carbocycles. The van der Waals surface area contributed by atoms with Crippen molar-refractivity contribution in [1.29, 1.82) is 0 Å². The Kier molecular flexibility index (Phi) is 5.17. The van der Waals surface area contributed by atoms with Gasteiger partial charge in [-0.25, -0.2) is 0 Å². The van der Waals surface area contributed by atoms with E-state index in [-0.39, 0.29) is 0 Å². The van der Waals surface area contributed by atoms with Gasteiger partial charge in [-0.15, -0.1) is 0 Å². The van der Waals surface area contributed by atoms with Crippen molar-refractivity contribution in [2.24, 2.45) is 0 Å². The van der Waals surface area contributed by atoms with Crippen LogP contribution >= 0.6 is 0 Å². The Balaban J connectivity index is 1.49. The number of rotatable bonds is 6. The topological polar surface area (TPSA) is 18.5 Å². The second-order valence-corrected chi connectivity index (χ2v) is 5.90. The van der Waals surface area contributed by atoms with Gasteiger partial charge in [0.25, 0.3) is 0 Å². The normalized spacial score (nSPS) is 10.4. The minimum atomic E-state index is 0.526. The summed E-state index contributed by atoms with van der Waals surface area (Å²) in [6.45, 7) is 5.22. The predicted molar refractivity (Wildman–Crippen MR) is 98.8 cm³/mol. The van der Waals surface area contributed by atoms with E-state index in [1.165, 1.54) is 22.3 Å². The molecule has 0 aliphatic rings. The lowest BCUT2D eigenvalue weighted by atomic mass is 10.0. The zero-order valence-electron chi connectivity index (χ0n) is 14.2. The lowest BCUT2D eigenvalue weighted by molar-refractivity contribution is 0.217. The second kappa shape index (κ2) is 7.69. The van der Waals surface area contributed by atoms with E-state index in [2.05, 4.69) is 50.2 Å². The number of benzene rings is 3. The van der Waals surface area contributed by atoms with Gasteiger partial charge in [0.05, 0.1) is 0 Å². The molecule has 0 aromatic heterocycles. The molecule has 0 aliphatic carbocycles. The van der Waals surface area contributed by atoms with Gasteiger partial charge in [-0.3, -0.25) is 0 Å². The Morgan fingerprint density at radius 2 is 0.833 bits per heavy atom. The maximum absolute atomic E-state index is 5.74. The van der Waals surface area contributed by atoms with Crippen molar-refractivity contribution in [2.75, 3.05) is 13.2 Å². The smallest absolute Gasteiger partial charge is 0.122 e.